The number of carbonyl (C=O) groups is 4. The number of nitrogens with one attached hydrogen (secondary N) is 3. The van der Waals surface area contributed by atoms with E-state index in [4.69, 9.17) is 4.74 Å². The van der Waals surface area contributed by atoms with E-state index in [2.05, 4.69) is 16.0 Å². The molecular weight excluding hydrogens is 450 g/mol. The molecule has 0 aromatic heterocycles. The molecule has 9 nitrogen and oxygen atoms in total. The first-order valence-corrected chi connectivity index (χ1v) is 11.7. The molecule has 2 aromatic rings. The van der Waals surface area contributed by atoms with Crippen LogP contribution in [-0.2, 0) is 19.1 Å². The number of aliphatic carboxylic acids is 1. The SMILES string of the molecule is CCC(C)NC(=O)CCNC(=O)C(CC(=O)O)NC(=O)OCC1c2ccccc2-c2ccccc21. The number of alkyl carbamates (subject to hydrolysis) is 1. The van der Waals surface area contributed by atoms with Gasteiger partial charge >= 0.3 is 12.1 Å². The molecule has 0 heterocycles. The zero-order chi connectivity index (χ0) is 25.4. The summed E-state index contributed by atoms with van der Waals surface area (Å²) in [6, 6.07) is 14.5. The lowest BCUT2D eigenvalue weighted by Crippen LogP contribution is -2.48. The maximum Gasteiger partial charge on any atom is 0.407 e. The Morgan fingerprint density at radius 3 is 2.14 bits per heavy atom. The van der Waals surface area contributed by atoms with Crippen LogP contribution in [0.3, 0.4) is 0 Å². The molecule has 0 bridgehead atoms. The van der Waals surface area contributed by atoms with Gasteiger partial charge in [0, 0.05) is 24.9 Å². The van der Waals surface area contributed by atoms with Crippen molar-refractivity contribution in [2.45, 2.75) is 51.1 Å². The van der Waals surface area contributed by atoms with Crippen molar-refractivity contribution < 1.29 is 29.0 Å². The van der Waals surface area contributed by atoms with E-state index < -0.39 is 30.4 Å². The monoisotopic (exact) mass is 481 g/mol. The molecule has 2 atom stereocenters. The van der Waals surface area contributed by atoms with Gasteiger partial charge in [-0.2, -0.15) is 0 Å². The van der Waals surface area contributed by atoms with E-state index in [1.807, 2.05) is 62.4 Å². The number of benzene rings is 2. The topological polar surface area (TPSA) is 134 Å². The zero-order valence-corrected chi connectivity index (χ0v) is 19.9. The highest BCUT2D eigenvalue weighted by Gasteiger charge is 2.30. The molecule has 3 rings (SSSR count). The van der Waals surface area contributed by atoms with Gasteiger partial charge < -0.3 is 25.8 Å². The quantitative estimate of drug-likeness (QED) is 0.390. The number of amides is 3. The Morgan fingerprint density at radius 1 is 0.971 bits per heavy atom. The number of carboxylic acid groups (broad SMARTS) is 1. The average molecular weight is 482 g/mol. The summed E-state index contributed by atoms with van der Waals surface area (Å²) in [5.41, 5.74) is 4.24. The highest BCUT2D eigenvalue weighted by Crippen LogP contribution is 2.44. The summed E-state index contributed by atoms with van der Waals surface area (Å²) in [4.78, 5) is 48.1. The first-order chi connectivity index (χ1) is 16.8. The summed E-state index contributed by atoms with van der Waals surface area (Å²) < 4.78 is 5.41. The van der Waals surface area contributed by atoms with E-state index in [-0.39, 0.29) is 37.4 Å². The second kappa shape index (κ2) is 12.0. The minimum absolute atomic E-state index is 0.0175. The van der Waals surface area contributed by atoms with Crippen molar-refractivity contribution in [2.24, 2.45) is 0 Å². The summed E-state index contributed by atoms with van der Waals surface area (Å²) in [6.45, 7) is 3.87. The Labute approximate surface area is 204 Å². The van der Waals surface area contributed by atoms with E-state index in [9.17, 15) is 24.3 Å². The van der Waals surface area contributed by atoms with Crippen LogP contribution in [-0.4, -0.2) is 54.2 Å². The van der Waals surface area contributed by atoms with Gasteiger partial charge in [0.1, 0.15) is 12.6 Å². The third-order valence-electron chi connectivity index (χ3n) is 6.00. The van der Waals surface area contributed by atoms with E-state index >= 15 is 0 Å². The summed E-state index contributed by atoms with van der Waals surface area (Å²) in [5.74, 6) is -2.33. The molecular formula is C26H31N3O6. The number of hydrogen-bond acceptors (Lipinski definition) is 5. The largest absolute Gasteiger partial charge is 0.481 e. The number of ether oxygens (including phenoxy) is 1. The molecule has 0 radical (unpaired) electrons. The Hall–Kier alpha value is -3.88. The third kappa shape index (κ3) is 6.81. The molecule has 1 aliphatic rings. The third-order valence-corrected chi connectivity index (χ3v) is 6.00. The maximum absolute atomic E-state index is 12.5. The molecule has 186 valence electrons. The number of fused-ring (bicyclic) bond motifs is 3. The second-order valence-electron chi connectivity index (χ2n) is 8.54. The van der Waals surface area contributed by atoms with Crippen molar-refractivity contribution in [3.8, 4) is 11.1 Å². The fraction of sp³-hybridized carbons (Fsp3) is 0.385. The fourth-order valence-corrected chi connectivity index (χ4v) is 4.04. The van der Waals surface area contributed by atoms with Gasteiger partial charge in [-0.05, 0) is 35.6 Å². The minimum Gasteiger partial charge on any atom is -0.481 e. The Bertz CT molecular complexity index is 1040. The van der Waals surface area contributed by atoms with Crippen LogP contribution in [0.1, 0.15) is 50.2 Å². The molecule has 35 heavy (non-hydrogen) atoms. The van der Waals surface area contributed by atoms with E-state index in [0.717, 1.165) is 28.7 Å². The highest BCUT2D eigenvalue weighted by atomic mass is 16.5. The van der Waals surface area contributed by atoms with Gasteiger partial charge in [-0.15, -0.1) is 0 Å². The van der Waals surface area contributed by atoms with Gasteiger partial charge in [-0.1, -0.05) is 55.5 Å². The number of carbonyl (C=O) groups excluding carboxylic acids is 3. The minimum atomic E-state index is -1.33. The molecule has 4 N–H and O–H groups in total. The predicted molar refractivity (Wildman–Crippen MR) is 130 cm³/mol. The first kappa shape index (κ1) is 25.7. The van der Waals surface area contributed by atoms with Crippen molar-refractivity contribution in [2.75, 3.05) is 13.2 Å². The lowest BCUT2D eigenvalue weighted by atomic mass is 9.98. The Morgan fingerprint density at radius 2 is 1.57 bits per heavy atom. The molecule has 0 spiro atoms. The van der Waals surface area contributed by atoms with E-state index in [1.54, 1.807) is 0 Å². The van der Waals surface area contributed by atoms with Crippen molar-refractivity contribution in [1.29, 1.82) is 0 Å². The molecule has 2 aromatic carbocycles. The van der Waals surface area contributed by atoms with Crippen molar-refractivity contribution in [3.63, 3.8) is 0 Å². The van der Waals surface area contributed by atoms with Crippen LogP contribution in [0.25, 0.3) is 11.1 Å². The van der Waals surface area contributed by atoms with Gasteiger partial charge in [0.15, 0.2) is 0 Å². The van der Waals surface area contributed by atoms with Gasteiger partial charge in [-0.25, -0.2) is 4.79 Å². The predicted octanol–water partition coefficient (Wildman–Crippen LogP) is 2.79. The van der Waals surface area contributed by atoms with Gasteiger partial charge in [0.2, 0.25) is 11.8 Å². The average Bonchev–Trinajstić information content (AvgIpc) is 3.15. The molecule has 2 unspecified atom stereocenters. The van der Waals surface area contributed by atoms with Crippen LogP contribution in [0.5, 0.6) is 0 Å². The summed E-state index contributed by atoms with van der Waals surface area (Å²) in [7, 11) is 0. The molecule has 0 fully saturated rings. The van der Waals surface area contributed by atoms with Crippen molar-refractivity contribution in [1.82, 2.24) is 16.0 Å². The van der Waals surface area contributed by atoms with Crippen LogP contribution in [0.2, 0.25) is 0 Å². The van der Waals surface area contributed by atoms with Crippen LogP contribution in [0, 0.1) is 0 Å². The van der Waals surface area contributed by atoms with Crippen LogP contribution >= 0.6 is 0 Å². The van der Waals surface area contributed by atoms with Gasteiger partial charge in [0.05, 0.1) is 6.42 Å². The molecule has 9 heteroatoms. The van der Waals surface area contributed by atoms with Gasteiger partial charge in [-0.3, -0.25) is 14.4 Å². The molecule has 3 amide bonds. The summed E-state index contributed by atoms with van der Waals surface area (Å²) in [6.07, 6.45) is -0.679. The van der Waals surface area contributed by atoms with Crippen molar-refractivity contribution in [3.05, 3.63) is 59.7 Å². The normalized spacial score (nSPS) is 13.7. The van der Waals surface area contributed by atoms with Crippen LogP contribution in [0.4, 0.5) is 4.79 Å². The summed E-state index contributed by atoms with van der Waals surface area (Å²) in [5, 5.41) is 16.8. The molecule has 0 saturated carbocycles. The lowest BCUT2D eigenvalue weighted by molar-refractivity contribution is -0.140. The van der Waals surface area contributed by atoms with E-state index in [1.165, 1.54) is 0 Å². The Kier molecular flexibility index (Phi) is 8.83. The Balaban J connectivity index is 1.56. The second-order valence-corrected chi connectivity index (χ2v) is 8.54. The lowest BCUT2D eigenvalue weighted by Gasteiger charge is -2.19. The molecule has 0 saturated heterocycles. The number of rotatable bonds is 11. The first-order valence-electron chi connectivity index (χ1n) is 11.7. The number of carboxylic acids is 1. The highest BCUT2D eigenvalue weighted by molar-refractivity contribution is 5.89. The molecule has 1 aliphatic carbocycles. The standard InChI is InChI=1S/C26H31N3O6/c1-3-16(2)28-23(30)12-13-27-25(33)22(14-24(31)32)29-26(34)35-15-21-19-10-6-4-8-17(19)18-9-5-7-11-20(18)21/h4-11,16,21-22H,3,12-15H2,1-2H3,(H,27,33)(H,28,30)(H,29,34)(H,31,32). The molecule has 0 aliphatic heterocycles. The van der Waals surface area contributed by atoms with Crippen LogP contribution in [0.15, 0.2) is 48.5 Å². The zero-order valence-electron chi connectivity index (χ0n) is 19.9. The smallest absolute Gasteiger partial charge is 0.407 e. The maximum atomic E-state index is 12.5. The summed E-state index contributed by atoms with van der Waals surface area (Å²) >= 11 is 0. The van der Waals surface area contributed by atoms with Crippen molar-refractivity contribution >= 4 is 23.9 Å². The fourth-order valence-electron chi connectivity index (χ4n) is 4.04. The van der Waals surface area contributed by atoms with Gasteiger partial charge in [0.25, 0.3) is 0 Å². The van der Waals surface area contributed by atoms with Crippen LogP contribution < -0.4 is 16.0 Å². The number of hydrogen-bond donors (Lipinski definition) is 4. The van der Waals surface area contributed by atoms with E-state index in [0.29, 0.717) is 0 Å².